The van der Waals surface area contributed by atoms with Gasteiger partial charge in [-0.15, -0.1) is 0 Å². The van der Waals surface area contributed by atoms with Crippen LogP contribution in [0.3, 0.4) is 0 Å². The lowest BCUT2D eigenvalue weighted by Crippen LogP contribution is -2.25. The van der Waals surface area contributed by atoms with E-state index >= 15 is 0 Å². The average molecular weight is 828 g/mol. The molecule has 0 saturated carbocycles. The lowest BCUT2D eigenvalue weighted by Gasteiger charge is -2.35. The Bertz CT molecular complexity index is 3520. The largest absolute Gasteiger partial charge is 0.310 e. The number of hydrogen-bond acceptors (Lipinski definition) is 1. The van der Waals surface area contributed by atoms with Gasteiger partial charge in [0.25, 0.3) is 0 Å². The van der Waals surface area contributed by atoms with E-state index < -0.39 is 5.41 Å². The molecule has 0 N–H and O–H groups in total. The van der Waals surface area contributed by atoms with Crippen LogP contribution in [0, 0.1) is 0 Å². The number of benzene rings is 11. The summed E-state index contributed by atoms with van der Waals surface area (Å²) in [6.07, 6.45) is 0. The van der Waals surface area contributed by atoms with E-state index in [1.54, 1.807) is 0 Å². The molecule has 0 aromatic heterocycles. The predicted molar refractivity (Wildman–Crippen MR) is 275 cm³/mol. The molecule has 0 bridgehead atoms. The summed E-state index contributed by atoms with van der Waals surface area (Å²) in [5.74, 6) is 0. The van der Waals surface area contributed by atoms with Gasteiger partial charge in [-0.2, -0.15) is 0 Å². The number of anilines is 3. The van der Waals surface area contributed by atoms with Gasteiger partial charge in [0, 0.05) is 16.8 Å². The van der Waals surface area contributed by atoms with Crippen LogP contribution in [0.4, 0.5) is 17.1 Å². The minimum atomic E-state index is -0.394. The molecule has 1 unspecified atom stereocenters. The monoisotopic (exact) mass is 827 g/mol. The van der Waals surface area contributed by atoms with E-state index in [2.05, 4.69) is 267 Å². The minimum absolute atomic E-state index is 0.394. The molecule has 0 amide bonds. The normalized spacial score (nSPS) is 14.0. The number of nitrogens with zero attached hydrogens (tertiary/aromatic N) is 1. The second-order valence-corrected chi connectivity index (χ2v) is 17.3. The number of hydrogen-bond donors (Lipinski definition) is 0. The van der Waals surface area contributed by atoms with Crippen LogP contribution in [0.5, 0.6) is 0 Å². The highest BCUT2D eigenvalue weighted by Gasteiger charge is 2.43. The second-order valence-electron chi connectivity index (χ2n) is 17.3. The molecule has 0 spiro atoms. The van der Waals surface area contributed by atoms with Crippen molar-refractivity contribution in [3.8, 4) is 55.6 Å². The number of rotatable bonds is 8. The molecule has 0 heterocycles. The highest BCUT2D eigenvalue weighted by molar-refractivity contribution is 6.22. The average Bonchev–Trinajstić information content (AvgIpc) is 3.66. The highest BCUT2D eigenvalue weighted by atomic mass is 15.1. The van der Waals surface area contributed by atoms with Crippen LogP contribution in [0.25, 0.3) is 77.2 Å². The van der Waals surface area contributed by atoms with Gasteiger partial charge in [-0.05, 0) is 137 Å². The SMILES string of the molecule is CC1(c2ccccc2)c2ccccc2-c2cccc(N(c3ccc(-c4ccccc4)cc3)c3cccc(-c4ccc5c(c4)c(-c4ccccc4)c(-c4ccccc4)c4ccccc45)c3)c21. The van der Waals surface area contributed by atoms with Crippen molar-refractivity contribution < 1.29 is 0 Å². The first-order chi connectivity index (χ1) is 32.1. The summed E-state index contributed by atoms with van der Waals surface area (Å²) in [6.45, 7) is 2.41. The smallest absolute Gasteiger partial charge is 0.0512 e. The molecule has 1 aliphatic carbocycles. The quantitative estimate of drug-likeness (QED) is 0.138. The maximum absolute atomic E-state index is 2.49. The fourth-order valence-corrected chi connectivity index (χ4v) is 10.7. The van der Waals surface area contributed by atoms with Crippen molar-refractivity contribution in [2.45, 2.75) is 12.3 Å². The van der Waals surface area contributed by atoms with E-state index in [1.807, 2.05) is 0 Å². The van der Waals surface area contributed by atoms with Gasteiger partial charge in [0.15, 0.2) is 0 Å². The van der Waals surface area contributed by atoms with Crippen LogP contribution in [-0.2, 0) is 5.41 Å². The van der Waals surface area contributed by atoms with Crippen LogP contribution < -0.4 is 4.90 Å². The first-order valence-corrected chi connectivity index (χ1v) is 22.6. The van der Waals surface area contributed by atoms with Crippen molar-refractivity contribution >= 4 is 38.6 Å². The van der Waals surface area contributed by atoms with Gasteiger partial charge in [-0.25, -0.2) is 0 Å². The van der Waals surface area contributed by atoms with E-state index in [0.29, 0.717) is 0 Å². The third-order valence-electron chi connectivity index (χ3n) is 13.7. The molecule has 0 saturated heterocycles. The van der Waals surface area contributed by atoms with Gasteiger partial charge in [-0.3, -0.25) is 0 Å². The Labute approximate surface area is 381 Å². The Kier molecular flexibility index (Phi) is 9.35. The van der Waals surface area contributed by atoms with E-state index in [4.69, 9.17) is 0 Å². The first kappa shape index (κ1) is 38.4. The lowest BCUT2D eigenvalue weighted by molar-refractivity contribution is 0.714. The van der Waals surface area contributed by atoms with Gasteiger partial charge >= 0.3 is 0 Å². The molecule has 11 aromatic carbocycles. The molecular formula is C64H45N. The molecule has 1 atom stereocenters. The summed E-state index contributed by atoms with van der Waals surface area (Å²) in [4.78, 5) is 2.49. The zero-order valence-corrected chi connectivity index (χ0v) is 36.2. The molecule has 65 heavy (non-hydrogen) atoms. The molecular weight excluding hydrogens is 783 g/mol. The molecule has 0 radical (unpaired) electrons. The lowest BCUT2D eigenvalue weighted by atomic mass is 9.73. The third kappa shape index (κ3) is 6.39. The van der Waals surface area contributed by atoms with Gasteiger partial charge in [0.2, 0.25) is 0 Å². The van der Waals surface area contributed by atoms with Crippen molar-refractivity contribution in [2.75, 3.05) is 4.90 Å². The van der Waals surface area contributed by atoms with E-state index in [9.17, 15) is 0 Å². The Morgan fingerprint density at radius 2 is 0.800 bits per heavy atom. The Balaban J connectivity index is 1.08. The summed E-state index contributed by atoms with van der Waals surface area (Å²) < 4.78 is 0. The van der Waals surface area contributed by atoms with Crippen LogP contribution in [0.1, 0.15) is 23.6 Å². The summed E-state index contributed by atoms with van der Waals surface area (Å²) in [6, 6.07) is 93.6. The van der Waals surface area contributed by atoms with Crippen molar-refractivity contribution in [3.05, 3.63) is 271 Å². The molecule has 11 aromatic rings. The van der Waals surface area contributed by atoms with E-state index in [1.165, 1.54) is 94.0 Å². The Morgan fingerprint density at radius 1 is 0.308 bits per heavy atom. The molecule has 0 aliphatic heterocycles. The van der Waals surface area contributed by atoms with Gasteiger partial charge in [0.05, 0.1) is 5.69 Å². The van der Waals surface area contributed by atoms with Crippen molar-refractivity contribution in [1.29, 1.82) is 0 Å². The molecule has 0 fully saturated rings. The van der Waals surface area contributed by atoms with Crippen LogP contribution in [-0.4, -0.2) is 0 Å². The minimum Gasteiger partial charge on any atom is -0.310 e. The third-order valence-corrected chi connectivity index (χ3v) is 13.7. The van der Waals surface area contributed by atoms with E-state index in [-0.39, 0.29) is 0 Å². The Hall–Kier alpha value is -8.26. The highest BCUT2D eigenvalue weighted by Crippen LogP contribution is 2.57. The van der Waals surface area contributed by atoms with Crippen LogP contribution in [0.2, 0.25) is 0 Å². The molecule has 1 nitrogen and oxygen atoms in total. The summed E-state index contributed by atoms with van der Waals surface area (Å²) in [5, 5.41) is 5.00. The summed E-state index contributed by atoms with van der Waals surface area (Å²) in [7, 11) is 0. The maximum atomic E-state index is 2.49. The second kappa shape index (κ2) is 15.8. The van der Waals surface area contributed by atoms with Gasteiger partial charge in [0.1, 0.15) is 0 Å². The standard InChI is InChI=1S/C64H45N/c1-64(50-27-12-5-13-28-50)59-34-17-16-31-55(59)57-33-19-35-60(63(57)64)65(51-39-36-45(37-40-51)44-20-6-2-7-21-44)52-29-18-26-48(42-52)49-38-41-54-53-30-14-15-32-56(53)61(46-22-8-3-9-23-46)62(58(54)43-49)47-24-10-4-11-25-47/h2-43H,1H3. The Morgan fingerprint density at radius 3 is 1.51 bits per heavy atom. The van der Waals surface area contributed by atoms with Crippen LogP contribution in [0.15, 0.2) is 255 Å². The zero-order chi connectivity index (χ0) is 43.3. The summed E-state index contributed by atoms with van der Waals surface area (Å²) >= 11 is 0. The molecule has 306 valence electrons. The fourth-order valence-electron chi connectivity index (χ4n) is 10.7. The maximum Gasteiger partial charge on any atom is 0.0512 e. The summed E-state index contributed by atoms with van der Waals surface area (Å²) in [5.41, 5.74) is 19.1. The van der Waals surface area contributed by atoms with Crippen molar-refractivity contribution in [2.24, 2.45) is 0 Å². The van der Waals surface area contributed by atoms with Gasteiger partial charge in [-0.1, -0.05) is 218 Å². The van der Waals surface area contributed by atoms with Crippen LogP contribution >= 0.6 is 0 Å². The first-order valence-electron chi connectivity index (χ1n) is 22.6. The molecule has 12 rings (SSSR count). The zero-order valence-electron chi connectivity index (χ0n) is 36.2. The molecule has 1 aliphatic rings. The van der Waals surface area contributed by atoms with E-state index in [0.717, 1.165) is 16.9 Å². The molecule has 1 heteroatoms. The number of fused-ring (bicyclic) bond motifs is 6. The predicted octanol–water partition coefficient (Wildman–Crippen LogP) is 17.5. The van der Waals surface area contributed by atoms with Crippen molar-refractivity contribution in [1.82, 2.24) is 0 Å². The van der Waals surface area contributed by atoms with Gasteiger partial charge < -0.3 is 4.90 Å². The van der Waals surface area contributed by atoms with Crippen molar-refractivity contribution in [3.63, 3.8) is 0 Å². The topological polar surface area (TPSA) is 3.24 Å². The fraction of sp³-hybridized carbons (Fsp3) is 0.0312.